The molecule has 0 fully saturated rings. The fraction of sp³-hybridized carbons (Fsp3) is 0.0233. The lowest BCUT2D eigenvalue weighted by atomic mass is 9.99. The number of benzene rings is 7. The number of halogens is 3. The molecule has 0 amide bonds. The number of anilines is 3. The van der Waals surface area contributed by atoms with Gasteiger partial charge < -0.3 is 13.7 Å². The van der Waals surface area contributed by atoms with Gasteiger partial charge in [0.2, 0.25) is 0 Å². The molecule has 0 aliphatic rings. The van der Waals surface area contributed by atoms with Gasteiger partial charge in [0.25, 0.3) is 0 Å². The van der Waals surface area contributed by atoms with Gasteiger partial charge in [-0.3, -0.25) is 0 Å². The minimum Gasteiger partial charge on any atom is -0.376 e. The molecule has 0 saturated carbocycles. The van der Waals surface area contributed by atoms with Crippen LogP contribution in [-0.2, 0) is 10.1 Å². The van der Waals surface area contributed by atoms with Gasteiger partial charge in [-0.05, 0) is 66.2 Å². The molecule has 0 atom stereocenters. The molecule has 0 N–H and O–H groups in total. The van der Waals surface area contributed by atoms with Crippen molar-refractivity contribution in [2.24, 2.45) is 0 Å². The molecule has 0 radical (unpaired) electrons. The summed E-state index contributed by atoms with van der Waals surface area (Å²) >= 11 is 1.48. The average Bonchev–Trinajstić information content (AvgIpc) is 3.71. The first-order chi connectivity index (χ1) is 25.7. The lowest BCUT2D eigenvalue weighted by Crippen LogP contribution is -2.28. The molecule has 0 spiro atoms. The van der Waals surface area contributed by atoms with Crippen molar-refractivity contribution < 1.29 is 25.8 Å². The molecule has 0 bridgehead atoms. The molecule has 5 nitrogen and oxygen atoms in total. The SMILES string of the molecule is O=S(=O)(Oc1cc(N(c2ccccc2)c2ccccc2)c2sc3ccc(-c4cccc5c6ccccc6n(-c6ccccc6)c45)cc3c2c1)C(F)(F)F. The van der Waals surface area contributed by atoms with E-state index < -0.39 is 21.4 Å². The van der Waals surface area contributed by atoms with Gasteiger partial charge in [0.15, 0.2) is 0 Å². The van der Waals surface area contributed by atoms with Gasteiger partial charge in [0.1, 0.15) is 5.75 Å². The molecule has 0 saturated heterocycles. The first-order valence-corrected chi connectivity index (χ1v) is 18.9. The number of fused-ring (bicyclic) bond motifs is 6. The maximum Gasteiger partial charge on any atom is 0.534 e. The summed E-state index contributed by atoms with van der Waals surface area (Å²) in [5.41, 5.74) is 1.26. The normalized spacial score (nSPS) is 12.2. The summed E-state index contributed by atoms with van der Waals surface area (Å²) < 4.78 is 74.6. The summed E-state index contributed by atoms with van der Waals surface area (Å²) in [5.74, 6) is -0.446. The van der Waals surface area contributed by atoms with E-state index in [1.54, 1.807) is 0 Å². The van der Waals surface area contributed by atoms with Gasteiger partial charge in [-0.15, -0.1) is 11.3 Å². The first kappa shape index (κ1) is 32.8. The fourth-order valence-electron chi connectivity index (χ4n) is 7.07. The van der Waals surface area contributed by atoms with E-state index in [2.05, 4.69) is 47.0 Å². The minimum absolute atomic E-state index is 0.446. The average molecular weight is 741 g/mol. The second-order valence-electron chi connectivity index (χ2n) is 12.5. The van der Waals surface area contributed by atoms with E-state index in [9.17, 15) is 21.6 Å². The monoisotopic (exact) mass is 740 g/mol. The standard InChI is InChI=1S/C43H27F3N2O3S2/c44-43(45,46)53(49,50)51-32-26-37-36-25-28(33-20-12-21-35-34-19-10-11-22-38(34)48(41(33)35)31-17-8-3-9-18-31)23-24-40(36)52-42(37)39(27-32)47(29-13-4-1-5-14-29)30-15-6-2-7-16-30/h1-27H. The summed E-state index contributed by atoms with van der Waals surface area (Å²) in [6.45, 7) is 0. The van der Waals surface area contributed by atoms with Crippen molar-refractivity contribution in [2.75, 3.05) is 4.90 Å². The Morgan fingerprint density at radius 3 is 1.91 bits per heavy atom. The van der Waals surface area contributed by atoms with Crippen molar-refractivity contribution in [3.63, 3.8) is 0 Å². The Bertz CT molecular complexity index is 2890. The summed E-state index contributed by atoms with van der Waals surface area (Å²) in [5, 5.41) is 3.49. The van der Waals surface area contributed by atoms with Crippen molar-refractivity contribution in [1.29, 1.82) is 0 Å². The maximum absolute atomic E-state index is 13.7. The van der Waals surface area contributed by atoms with Gasteiger partial charge in [0, 0.05) is 54.9 Å². The Hall–Kier alpha value is -6.10. The smallest absolute Gasteiger partial charge is 0.376 e. The van der Waals surface area contributed by atoms with Crippen LogP contribution in [0.5, 0.6) is 5.75 Å². The van der Waals surface area contributed by atoms with Gasteiger partial charge >= 0.3 is 15.6 Å². The van der Waals surface area contributed by atoms with Crippen molar-refractivity contribution >= 4 is 80.5 Å². The molecule has 10 heteroatoms. The highest BCUT2D eigenvalue weighted by atomic mass is 32.2. The third kappa shape index (κ3) is 5.58. The summed E-state index contributed by atoms with van der Waals surface area (Å²) in [6, 6.07) is 52.2. The van der Waals surface area contributed by atoms with E-state index in [-0.39, 0.29) is 0 Å². The predicted octanol–water partition coefficient (Wildman–Crippen LogP) is 12.5. The van der Waals surface area contributed by atoms with Crippen LogP contribution in [0.2, 0.25) is 0 Å². The third-order valence-corrected chi connectivity index (χ3v) is 11.5. The molecule has 0 unspecified atom stereocenters. The third-order valence-electron chi connectivity index (χ3n) is 9.30. The zero-order valence-corrected chi connectivity index (χ0v) is 29.3. The number of rotatable bonds is 7. The Morgan fingerprint density at radius 2 is 1.23 bits per heavy atom. The quantitative estimate of drug-likeness (QED) is 0.121. The highest BCUT2D eigenvalue weighted by Crippen LogP contribution is 2.48. The number of nitrogens with zero attached hydrogens (tertiary/aromatic N) is 2. The Labute approximate surface area is 306 Å². The van der Waals surface area contributed by atoms with Crippen LogP contribution in [0.25, 0.3) is 58.8 Å². The van der Waals surface area contributed by atoms with Crippen molar-refractivity contribution in [1.82, 2.24) is 4.57 Å². The summed E-state index contributed by atoms with van der Waals surface area (Å²) in [7, 11) is -5.96. The zero-order chi connectivity index (χ0) is 36.3. The topological polar surface area (TPSA) is 51.5 Å². The molecular weight excluding hydrogens is 714 g/mol. The molecular formula is C43H27F3N2O3S2. The summed E-state index contributed by atoms with van der Waals surface area (Å²) in [4.78, 5) is 1.89. The lowest BCUT2D eigenvalue weighted by molar-refractivity contribution is -0.0500. The predicted molar refractivity (Wildman–Crippen MR) is 209 cm³/mol. The first-order valence-electron chi connectivity index (χ1n) is 16.7. The van der Waals surface area contributed by atoms with Crippen LogP contribution in [0.4, 0.5) is 30.2 Å². The van der Waals surface area contributed by atoms with E-state index in [4.69, 9.17) is 4.18 Å². The Kier molecular flexibility index (Phi) is 7.76. The van der Waals surface area contributed by atoms with Crippen LogP contribution in [0.1, 0.15) is 0 Å². The molecule has 0 aliphatic heterocycles. The second-order valence-corrected chi connectivity index (χ2v) is 15.1. The number of thiophene rings is 1. The molecule has 9 rings (SSSR count). The van der Waals surface area contributed by atoms with E-state index in [0.717, 1.165) is 64.8 Å². The maximum atomic E-state index is 13.7. The van der Waals surface area contributed by atoms with Crippen LogP contribution in [-0.4, -0.2) is 18.5 Å². The lowest BCUT2D eigenvalue weighted by Gasteiger charge is -2.26. The highest BCUT2D eigenvalue weighted by Gasteiger charge is 2.48. The number of hydrogen-bond acceptors (Lipinski definition) is 5. The number of aromatic nitrogens is 1. The van der Waals surface area contributed by atoms with Crippen LogP contribution in [0.3, 0.4) is 0 Å². The molecule has 7 aromatic carbocycles. The molecule has 53 heavy (non-hydrogen) atoms. The van der Waals surface area contributed by atoms with Crippen molar-refractivity contribution in [2.45, 2.75) is 5.51 Å². The van der Waals surface area contributed by atoms with E-state index in [1.807, 2.05) is 114 Å². The fourth-order valence-corrected chi connectivity index (χ4v) is 8.68. The molecule has 0 aliphatic carbocycles. The van der Waals surface area contributed by atoms with Crippen LogP contribution >= 0.6 is 11.3 Å². The van der Waals surface area contributed by atoms with E-state index in [1.165, 1.54) is 23.5 Å². The number of alkyl halides is 3. The van der Waals surface area contributed by atoms with E-state index >= 15 is 0 Å². The largest absolute Gasteiger partial charge is 0.534 e. The van der Waals surface area contributed by atoms with Crippen LogP contribution in [0, 0.1) is 0 Å². The Balaban J connectivity index is 1.32. The van der Waals surface area contributed by atoms with Gasteiger partial charge in [-0.1, -0.05) is 97.1 Å². The van der Waals surface area contributed by atoms with E-state index in [0.29, 0.717) is 11.1 Å². The molecule has 2 heterocycles. The number of hydrogen-bond donors (Lipinski definition) is 0. The van der Waals surface area contributed by atoms with Crippen LogP contribution < -0.4 is 9.08 Å². The van der Waals surface area contributed by atoms with Gasteiger partial charge in [0.05, 0.1) is 21.4 Å². The zero-order valence-electron chi connectivity index (χ0n) is 27.7. The van der Waals surface area contributed by atoms with Crippen LogP contribution in [0.15, 0.2) is 164 Å². The Morgan fingerprint density at radius 1 is 0.604 bits per heavy atom. The molecule has 9 aromatic rings. The molecule has 2 aromatic heterocycles. The second kappa shape index (κ2) is 12.5. The van der Waals surface area contributed by atoms with Crippen molar-refractivity contribution in [3.8, 4) is 22.6 Å². The molecule has 260 valence electrons. The summed E-state index contributed by atoms with van der Waals surface area (Å²) in [6.07, 6.45) is 0. The van der Waals surface area contributed by atoms with Gasteiger partial charge in [-0.2, -0.15) is 21.6 Å². The number of para-hydroxylation sites is 5. The highest BCUT2D eigenvalue weighted by molar-refractivity contribution is 7.88. The van der Waals surface area contributed by atoms with Crippen molar-refractivity contribution in [3.05, 3.63) is 164 Å². The minimum atomic E-state index is -5.96. The van der Waals surface area contributed by atoms with Gasteiger partial charge in [-0.25, -0.2) is 0 Å².